The maximum atomic E-state index is 6.01. The van der Waals surface area contributed by atoms with Crippen molar-refractivity contribution >= 4 is 8.72 Å². The van der Waals surface area contributed by atoms with Gasteiger partial charge in [-0.2, -0.15) is 0 Å². The van der Waals surface area contributed by atoms with Gasteiger partial charge in [-0.25, -0.2) is 0 Å². The number of hydrogen-bond donors (Lipinski definition) is 1. The van der Waals surface area contributed by atoms with Crippen LogP contribution in [-0.2, 0) is 8.85 Å². The highest BCUT2D eigenvalue weighted by Crippen LogP contribution is 2.36. The molecule has 16 heavy (non-hydrogen) atoms. The molecule has 0 saturated heterocycles. The van der Waals surface area contributed by atoms with Crippen LogP contribution >= 0.6 is 0 Å². The van der Waals surface area contributed by atoms with Crippen LogP contribution in [0, 0.1) is 0 Å². The summed E-state index contributed by atoms with van der Waals surface area (Å²) in [5.74, 6) is 0. The fraction of sp³-hybridized carbons (Fsp3) is 1.00. The predicted molar refractivity (Wildman–Crippen MR) is 71.6 cm³/mol. The van der Waals surface area contributed by atoms with Gasteiger partial charge in [-0.05, 0) is 20.3 Å². The minimum absolute atomic E-state index is 0.0302. The van der Waals surface area contributed by atoms with Crippen molar-refractivity contribution in [2.75, 3.05) is 13.2 Å². The SMILES string of the molecule is CCO[Si](NC(C)CC)(OCC)C(C)(C)C. The van der Waals surface area contributed by atoms with Crippen LogP contribution in [-0.4, -0.2) is 28.0 Å². The van der Waals surface area contributed by atoms with E-state index in [1.54, 1.807) is 0 Å². The van der Waals surface area contributed by atoms with Gasteiger partial charge in [-0.15, -0.1) is 0 Å². The van der Waals surface area contributed by atoms with Gasteiger partial charge >= 0.3 is 8.72 Å². The van der Waals surface area contributed by atoms with Gasteiger partial charge < -0.3 is 8.85 Å². The van der Waals surface area contributed by atoms with Crippen molar-refractivity contribution < 1.29 is 8.85 Å². The van der Waals surface area contributed by atoms with Gasteiger partial charge in [0.15, 0.2) is 0 Å². The Hall–Kier alpha value is 0.0969. The molecule has 0 amide bonds. The molecule has 0 aromatic heterocycles. The smallest absolute Gasteiger partial charge is 0.383 e. The topological polar surface area (TPSA) is 30.5 Å². The Morgan fingerprint density at radius 2 is 1.50 bits per heavy atom. The van der Waals surface area contributed by atoms with Crippen LogP contribution in [0.15, 0.2) is 0 Å². The monoisotopic (exact) mass is 247 g/mol. The fourth-order valence-corrected chi connectivity index (χ4v) is 4.82. The summed E-state index contributed by atoms with van der Waals surface area (Å²) in [6, 6.07) is 0.434. The third-order valence-electron chi connectivity index (χ3n) is 2.73. The normalized spacial score (nSPS) is 15.2. The first kappa shape index (κ1) is 16.1. The third kappa shape index (κ3) is 4.16. The number of nitrogens with one attached hydrogen (secondary N) is 1. The second-order valence-corrected chi connectivity index (χ2v) is 8.79. The largest absolute Gasteiger partial charge is 0.430 e. The molecule has 0 saturated carbocycles. The van der Waals surface area contributed by atoms with E-state index in [-0.39, 0.29) is 5.04 Å². The van der Waals surface area contributed by atoms with Gasteiger partial charge in [-0.3, -0.25) is 4.98 Å². The van der Waals surface area contributed by atoms with Crippen LogP contribution in [0.5, 0.6) is 0 Å². The molecule has 0 radical (unpaired) electrons. The van der Waals surface area contributed by atoms with E-state index in [0.717, 1.165) is 6.42 Å². The van der Waals surface area contributed by atoms with Crippen LogP contribution < -0.4 is 4.98 Å². The van der Waals surface area contributed by atoms with E-state index in [0.29, 0.717) is 19.3 Å². The molecule has 1 N–H and O–H groups in total. The van der Waals surface area contributed by atoms with Gasteiger partial charge in [0.1, 0.15) is 0 Å². The van der Waals surface area contributed by atoms with Gasteiger partial charge in [-0.1, -0.05) is 34.6 Å². The average Bonchev–Trinajstić information content (AvgIpc) is 2.16. The molecule has 0 aliphatic heterocycles. The number of rotatable bonds is 7. The minimum Gasteiger partial charge on any atom is -0.383 e. The summed E-state index contributed by atoms with van der Waals surface area (Å²) in [7, 11) is -2.33. The molecule has 1 atom stereocenters. The van der Waals surface area contributed by atoms with Crippen molar-refractivity contribution in [1.82, 2.24) is 4.98 Å². The standard InChI is InChI=1S/C12H29NO2Si/c1-8-11(4)13-16(14-9-2,15-10-3)12(5,6)7/h11,13H,8-10H2,1-7H3. The molecule has 1 unspecified atom stereocenters. The zero-order valence-corrected chi connectivity index (χ0v) is 13.0. The average molecular weight is 247 g/mol. The van der Waals surface area contributed by atoms with E-state index >= 15 is 0 Å². The third-order valence-corrected chi connectivity index (χ3v) is 6.97. The quantitative estimate of drug-likeness (QED) is 0.701. The van der Waals surface area contributed by atoms with Crippen molar-refractivity contribution in [1.29, 1.82) is 0 Å². The lowest BCUT2D eigenvalue weighted by Gasteiger charge is -2.41. The molecule has 0 heterocycles. The lowest BCUT2D eigenvalue weighted by atomic mass is 10.2. The first-order chi connectivity index (χ1) is 7.33. The van der Waals surface area contributed by atoms with Crippen LogP contribution in [0.2, 0.25) is 5.04 Å². The molecule has 0 spiro atoms. The van der Waals surface area contributed by atoms with Gasteiger partial charge in [0.05, 0.1) is 0 Å². The molecular formula is C12H29NO2Si. The van der Waals surface area contributed by atoms with Gasteiger partial charge in [0, 0.05) is 24.3 Å². The zero-order valence-electron chi connectivity index (χ0n) is 12.0. The first-order valence-electron chi connectivity index (χ1n) is 6.38. The molecule has 4 heteroatoms. The van der Waals surface area contributed by atoms with E-state index < -0.39 is 8.72 Å². The van der Waals surface area contributed by atoms with Crippen molar-refractivity contribution in [2.24, 2.45) is 0 Å². The van der Waals surface area contributed by atoms with Crippen molar-refractivity contribution in [2.45, 2.75) is 66.0 Å². The van der Waals surface area contributed by atoms with E-state index in [2.05, 4.69) is 39.6 Å². The molecule has 98 valence electrons. The molecule has 0 rings (SSSR count). The van der Waals surface area contributed by atoms with Crippen molar-refractivity contribution in [3.05, 3.63) is 0 Å². The van der Waals surface area contributed by atoms with E-state index in [9.17, 15) is 0 Å². The van der Waals surface area contributed by atoms with Crippen LogP contribution in [0.25, 0.3) is 0 Å². The van der Waals surface area contributed by atoms with Crippen molar-refractivity contribution in [3.63, 3.8) is 0 Å². The summed E-state index contributed by atoms with van der Waals surface area (Å²) in [5, 5.41) is 0.0302. The Balaban J connectivity index is 4.93. The molecule has 0 aliphatic carbocycles. The van der Waals surface area contributed by atoms with Gasteiger partial charge in [0.2, 0.25) is 0 Å². The summed E-state index contributed by atoms with van der Waals surface area (Å²) in [4.78, 5) is 3.62. The molecule has 0 aliphatic rings. The van der Waals surface area contributed by atoms with Gasteiger partial charge in [0.25, 0.3) is 0 Å². The Bertz CT molecular complexity index is 186. The number of hydrogen-bond acceptors (Lipinski definition) is 3. The molecule has 0 aromatic rings. The van der Waals surface area contributed by atoms with E-state index in [4.69, 9.17) is 8.85 Å². The summed E-state index contributed by atoms with van der Waals surface area (Å²) in [6.45, 7) is 16.4. The molecule has 3 nitrogen and oxygen atoms in total. The summed E-state index contributed by atoms with van der Waals surface area (Å²) >= 11 is 0. The van der Waals surface area contributed by atoms with Crippen molar-refractivity contribution in [3.8, 4) is 0 Å². The second-order valence-electron chi connectivity index (χ2n) is 5.19. The van der Waals surface area contributed by atoms with E-state index in [1.165, 1.54) is 0 Å². The van der Waals surface area contributed by atoms with E-state index in [1.807, 2.05) is 13.8 Å². The lowest BCUT2D eigenvalue weighted by molar-refractivity contribution is 0.144. The Morgan fingerprint density at radius 3 is 1.75 bits per heavy atom. The van der Waals surface area contributed by atoms with Crippen LogP contribution in [0.4, 0.5) is 0 Å². The highest BCUT2D eigenvalue weighted by atomic mass is 28.4. The maximum absolute atomic E-state index is 6.01. The summed E-state index contributed by atoms with van der Waals surface area (Å²) in [5.41, 5.74) is 0. The minimum atomic E-state index is -2.33. The highest BCUT2D eigenvalue weighted by molar-refractivity contribution is 6.68. The Labute approximate surface area is 102 Å². The maximum Gasteiger partial charge on any atom is 0.430 e. The summed E-state index contributed by atoms with van der Waals surface area (Å²) in [6.07, 6.45) is 1.09. The van der Waals surface area contributed by atoms with Crippen LogP contribution in [0.3, 0.4) is 0 Å². The first-order valence-corrected chi connectivity index (χ1v) is 8.20. The molecule has 0 aromatic carbocycles. The van der Waals surface area contributed by atoms with Crippen LogP contribution in [0.1, 0.15) is 54.9 Å². The second kappa shape index (κ2) is 6.74. The molecular weight excluding hydrogens is 218 g/mol. The Kier molecular flexibility index (Phi) is 6.78. The summed E-state index contributed by atoms with van der Waals surface area (Å²) < 4.78 is 12.0. The predicted octanol–water partition coefficient (Wildman–Crippen LogP) is 3.19. The highest BCUT2D eigenvalue weighted by Gasteiger charge is 2.50. The lowest BCUT2D eigenvalue weighted by Crippen LogP contribution is -2.64. The molecule has 0 fully saturated rings. The molecule has 0 bridgehead atoms. The fourth-order valence-electron chi connectivity index (χ4n) is 1.61. The Morgan fingerprint density at radius 1 is 1.06 bits per heavy atom. The zero-order chi connectivity index (χ0) is 12.8.